The number of nitrogens with one attached hydrogen (secondary N) is 1. The van der Waals surface area contributed by atoms with Crippen LogP contribution in [0.3, 0.4) is 0 Å². The summed E-state index contributed by atoms with van der Waals surface area (Å²) in [7, 11) is 0. The van der Waals surface area contributed by atoms with E-state index in [4.69, 9.17) is 18.0 Å². The molecule has 0 heterocycles. The Morgan fingerprint density at radius 2 is 2.25 bits per heavy atom. The lowest BCUT2D eigenvalue weighted by Crippen LogP contribution is -2.33. The van der Waals surface area contributed by atoms with Crippen molar-refractivity contribution in [1.29, 1.82) is 0 Å². The van der Waals surface area contributed by atoms with Crippen LogP contribution in [-0.2, 0) is 0 Å². The maximum Gasteiger partial charge on any atom is 0.252 e. The molecule has 2 nitrogen and oxygen atoms in total. The van der Waals surface area contributed by atoms with Gasteiger partial charge in [0, 0.05) is 10.6 Å². The summed E-state index contributed by atoms with van der Waals surface area (Å²) in [5.74, 6) is 2.33. The van der Waals surface area contributed by atoms with Gasteiger partial charge in [-0.25, -0.2) is 0 Å². The molecule has 1 aromatic rings. The van der Waals surface area contributed by atoms with E-state index in [1.807, 2.05) is 13.8 Å². The van der Waals surface area contributed by atoms with Gasteiger partial charge >= 0.3 is 0 Å². The Morgan fingerprint density at radius 3 is 2.75 bits per heavy atom. The number of terminal acetylenes is 1. The minimum absolute atomic E-state index is 0.185. The van der Waals surface area contributed by atoms with E-state index >= 15 is 0 Å². The number of rotatable bonds is 3. The van der Waals surface area contributed by atoms with Crippen LogP contribution in [0.4, 0.5) is 0 Å². The quantitative estimate of drug-likeness (QED) is 0.802. The largest absolute Gasteiger partial charge is 0.338 e. The standard InChI is InChI=1S/C13H14ClNO/c1-4-12(5-2)15-13(16)10-6-9(3)7-11(14)8-10/h1,6-8,12H,5H2,2-3H3,(H,15,16). The van der Waals surface area contributed by atoms with E-state index in [0.717, 1.165) is 5.56 Å². The van der Waals surface area contributed by atoms with Gasteiger partial charge in [-0.3, -0.25) is 4.79 Å². The molecule has 0 aliphatic carbocycles. The zero-order valence-electron chi connectivity index (χ0n) is 9.38. The molecular weight excluding hydrogens is 222 g/mol. The molecule has 1 unspecified atom stereocenters. The topological polar surface area (TPSA) is 29.1 Å². The van der Waals surface area contributed by atoms with Crippen LogP contribution in [0.1, 0.15) is 29.3 Å². The number of hydrogen-bond donors (Lipinski definition) is 1. The van der Waals surface area contributed by atoms with E-state index in [1.54, 1.807) is 18.2 Å². The molecule has 84 valence electrons. The van der Waals surface area contributed by atoms with Crippen molar-refractivity contribution in [3.8, 4) is 12.3 Å². The van der Waals surface area contributed by atoms with Crippen molar-refractivity contribution in [3.05, 3.63) is 34.3 Å². The minimum atomic E-state index is -0.230. The number of halogens is 1. The van der Waals surface area contributed by atoms with Crippen LogP contribution < -0.4 is 5.32 Å². The second-order valence-corrected chi connectivity index (χ2v) is 4.05. The van der Waals surface area contributed by atoms with Crippen molar-refractivity contribution in [1.82, 2.24) is 5.32 Å². The number of carbonyl (C=O) groups is 1. The Labute approximate surface area is 101 Å². The van der Waals surface area contributed by atoms with Gasteiger partial charge in [-0.1, -0.05) is 24.4 Å². The fourth-order valence-electron chi connectivity index (χ4n) is 1.37. The van der Waals surface area contributed by atoms with Gasteiger partial charge in [-0.2, -0.15) is 0 Å². The van der Waals surface area contributed by atoms with Crippen LogP contribution in [0.25, 0.3) is 0 Å². The third-order valence-corrected chi connectivity index (χ3v) is 2.44. The first-order valence-electron chi connectivity index (χ1n) is 5.11. The highest BCUT2D eigenvalue weighted by atomic mass is 35.5. The molecule has 1 amide bonds. The van der Waals surface area contributed by atoms with Crippen LogP contribution in [0.2, 0.25) is 5.02 Å². The van der Waals surface area contributed by atoms with Gasteiger partial charge < -0.3 is 5.32 Å². The van der Waals surface area contributed by atoms with Gasteiger partial charge in [0.1, 0.15) is 0 Å². The smallest absolute Gasteiger partial charge is 0.252 e. The molecule has 0 saturated carbocycles. The molecular formula is C13H14ClNO. The molecule has 0 fully saturated rings. The lowest BCUT2D eigenvalue weighted by Gasteiger charge is -2.11. The second-order valence-electron chi connectivity index (χ2n) is 3.62. The average molecular weight is 236 g/mol. The Kier molecular flexibility index (Phi) is 4.39. The van der Waals surface area contributed by atoms with E-state index in [2.05, 4.69) is 11.2 Å². The van der Waals surface area contributed by atoms with Crippen LogP contribution in [0, 0.1) is 19.3 Å². The maximum atomic E-state index is 11.8. The first-order valence-corrected chi connectivity index (χ1v) is 5.48. The SMILES string of the molecule is C#CC(CC)NC(=O)c1cc(C)cc(Cl)c1. The monoisotopic (exact) mass is 235 g/mol. The Hall–Kier alpha value is -1.46. The summed E-state index contributed by atoms with van der Waals surface area (Å²) in [6.07, 6.45) is 5.99. The summed E-state index contributed by atoms with van der Waals surface area (Å²) in [5.41, 5.74) is 1.49. The van der Waals surface area contributed by atoms with Gasteiger partial charge in [0.25, 0.3) is 5.91 Å². The lowest BCUT2D eigenvalue weighted by atomic mass is 10.1. The molecule has 3 heteroatoms. The number of aryl methyl sites for hydroxylation is 1. The predicted octanol–water partition coefficient (Wildman–Crippen LogP) is 2.79. The zero-order valence-corrected chi connectivity index (χ0v) is 10.1. The normalized spacial score (nSPS) is 11.6. The van der Waals surface area contributed by atoms with Gasteiger partial charge in [0.15, 0.2) is 0 Å². The van der Waals surface area contributed by atoms with Gasteiger partial charge in [-0.15, -0.1) is 6.42 Å². The summed E-state index contributed by atoms with van der Waals surface area (Å²) >= 11 is 5.88. The van der Waals surface area contributed by atoms with E-state index < -0.39 is 0 Å². The molecule has 1 rings (SSSR count). The van der Waals surface area contributed by atoms with E-state index in [9.17, 15) is 4.79 Å². The minimum Gasteiger partial charge on any atom is -0.338 e. The van der Waals surface area contributed by atoms with Crippen molar-refractivity contribution in [2.45, 2.75) is 26.3 Å². The zero-order chi connectivity index (χ0) is 12.1. The molecule has 0 bridgehead atoms. The number of benzene rings is 1. The van der Waals surface area contributed by atoms with E-state index in [0.29, 0.717) is 17.0 Å². The van der Waals surface area contributed by atoms with Crippen molar-refractivity contribution < 1.29 is 4.79 Å². The average Bonchev–Trinajstić information content (AvgIpc) is 2.24. The molecule has 0 spiro atoms. The number of amides is 1. The highest BCUT2D eigenvalue weighted by Crippen LogP contribution is 2.14. The fraction of sp³-hybridized carbons (Fsp3) is 0.308. The number of carbonyl (C=O) groups excluding carboxylic acids is 1. The van der Waals surface area contributed by atoms with Crippen molar-refractivity contribution in [2.24, 2.45) is 0 Å². The van der Waals surface area contributed by atoms with Crippen LogP contribution >= 0.6 is 11.6 Å². The Balaban J connectivity index is 2.85. The van der Waals surface area contributed by atoms with Gasteiger partial charge in [0.2, 0.25) is 0 Å². The molecule has 0 aliphatic rings. The summed E-state index contributed by atoms with van der Waals surface area (Å²) in [5, 5.41) is 3.31. The molecule has 1 N–H and O–H groups in total. The Morgan fingerprint density at radius 1 is 1.56 bits per heavy atom. The lowest BCUT2D eigenvalue weighted by molar-refractivity contribution is 0.0945. The maximum absolute atomic E-state index is 11.8. The van der Waals surface area contributed by atoms with Crippen LogP contribution in [0.15, 0.2) is 18.2 Å². The number of hydrogen-bond acceptors (Lipinski definition) is 1. The first kappa shape index (κ1) is 12.6. The molecule has 0 radical (unpaired) electrons. The first-order chi connectivity index (χ1) is 7.56. The summed E-state index contributed by atoms with van der Waals surface area (Å²) in [4.78, 5) is 11.8. The van der Waals surface area contributed by atoms with Crippen molar-refractivity contribution in [3.63, 3.8) is 0 Å². The summed E-state index contributed by atoms with van der Waals surface area (Å²) < 4.78 is 0. The van der Waals surface area contributed by atoms with Gasteiger partial charge in [0.05, 0.1) is 6.04 Å². The van der Waals surface area contributed by atoms with E-state index in [1.165, 1.54) is 0 Å². The molecule has 1 atom stereocenters. The third kappa shape index (κ3) is 3.29. The summed E-state index contributed by atoms with van der Waals surface area (Å²) in [6, 6.07) is 4.99. The highest BCUT2D eigenvalue weighted by Gasteiger charge is 2.10. The Bertz CT molecular complexity index is 414. The van der Waals surface area contributed by atoms with Crippen LogP contribution in [0.5, 0.6) is 0 Å². The van der Waals surface area contributed by atoms with E-state index in [-0.39, 0.29) is 11.9 Å². The van der Waals surface area contributed by atoms with Crippen LogP contribution in [-0.4, -0.2) is 11.9 Å². The highest BCUT2D eigenvalue weighted by molar-refractivity contribution is 6.31. The van der Waals surface area contributed by atoms with Crippen molar-refractivity contribution in [2.75, 3.05) is 0 Å². The molecule has 1 aromatic carbocycles. The van der Waals surface area contributed by atoms with Gasteiger partial charge in [-0.05, 0) is 37.1 Å². The predicted molar refractivity (Wildman–Crippen MR) is 66.6 cm³/mol. The molecule has 0 aromatic heterocycles. The molecule has 16 heavy (non-hydrogen) atoms. The molecule has 0 aliphatic heterocycles. The second kappa shape index (κ2) is 5.58. The third-order valence-electron chi connectivity index (χ3n) is 2.22. The molecule has 0 saturated heterocycles. The summed E-state index contributed by atoms with van der Waals surface area (Å²) in [6.45, 7) is 3.81. The fourth-order valence-corrected chi connectivity index (χ4v) is 1.66. The van der Waals surface area contributed by atoms with Crippen molar-refractivity contribution >= 4 is 17.5 Å².